The topological polar surface area (TPSA) is 85.9 Å². The molecule has 1 aliphatic heterocycles. The zero-order chi connectivity index (χ0) is 19.3. The number of methoxy groups -OCH3 is 1. The van der Waals surface area contributed by atoms with Gasteiger partial charge in [0, 0.05) is 5.70 Å². The van der Waals surface area contributed by atoms with Gasteiger partial charge in [0.15, 0.2) is 11.7 Å². The zero-order valence-corrected chi connectivity index (χ0v) is 17.0. The monoisotopic (exact) mass is 442 g/mol. The van der Waals surface area contributed by atoms with E-state index in [1.165, 1.54) is 7.11 Å². The van der Waals surface area contributed by atoms with E-state index in [0.717, 1.165) is 5.56 Å². The molecule has 0 amide bonds. The van der Waals surface area contributed by atoms with Crippen molar-refractivity contribution in [3.63, 3.8) is 0 Å². The summed E-state index contributed by atoms with van der Waals surface area (Å²) in [5.41, 5.74) is 1.88. The number of thiocarbonyl (C=S) groups is 1. The molecule has 140 valence electrons. The first-order valence-corrected chi connectivity index (χ1v) is 9.02. The van der Waals surface area contributed by atoms with E-state index in [-0.39, 0.29) is 13.2 Å². The number of hydrogen-bond acceptors (Lipinski definition) is 6. The van der Waals surface area contributed by atoms with Crippen LogP contribution in [-0.4, -0.2) is 37.4 Å². The fraction of sp³-hybridized carbons (Fsp3) is 0.353. The molecule has 0 aromatic heterocycles. The molecule has 7 nitrogen and oxygen atoms in total. The second kappa shape index (κ2) is 9.00. The molecular formula is C17H19BrN2O5S. The van der Waals surface area contributed by atoms with Gasteiger partial charge >= 0.3 is 11.9 Å². The van der Waals surface area contributed by atoms with Crippen LogP contribution in [0, 0.1) is 0 Å². The molecule has 9 heteroatoms. The summed E-state index contributed by atoms with van der Waals surface area (Å²) < 4.78 is 15.7. The molecule has 0 aliphatic carbocycles. The lowest BCUT2D eigenvalue weighted by Crippen LogP contribution is -2.45. The van der Waals surface area contributed by atoms with Crippen LogP contribution in [0.25, 0.3) is 0 Å². The summed E-state index contributed by atoms with van der Waals surface area (Å²) in [5, 5.41) is 6.45. The molecule has 0 fully saturated rings. The molecule has 0 spiro atoms. The SMILES string of the molecule is CCOC(=O)C1=C(C)NC(=S)NC1c1ccc(OCC(=O)OC)c(Br)c1. The minimum absolute atomic E-state index is 0.197. The Morgan fingerprint density at radius 3 is 2.69 bits per heavy atom. The van der Waals surface area contributed by atoms with Crippen molar-refractivity contribution < 1.29 is 23.8 Å². The Balaban J connectivity index is 2.31. The number of ether oxygens (including phenoxy) is 3. The highest BCUT2D eigenvalue weighted by atomic mass is 79.9. The average Bonchev–Trinajstić information content (AvgIpc) is 2.59. The molecule has 1 aliphatic rings. The normalized spacial score (nSPS) is 16.5. The average molecular weight is 443 g/mol. The molecule has 2 N–H and O–H groups in total. The third-order valence-electron chi connectivity index (χ3n) is 3.63. The van der Waals surface area contributed by atoms with Gasteiger partial charge in [0.25, 0.3) is 0 Å². The third kappa shape index (κ3) is 4.73. The minimum atomic E-state index is -0.477. The number of benzene rings is 1. The number of carbonyl (C=O) groups is 2. The van der Waals surface area contributed by atoms with E-state index < -0.39 is 18.0 Å². The molecule has 0 bridgehead atoms. The van der Waals surface area contributed by atoms with Crippen molar-refractivity contribution in [2.75, 3.05) is 20.3 Å². The summed E-state index contributed by atoms with van der Waals surface area (Å²) in [4.78, 5) is 23.6. The van der Waals surface area contributed by atoms with Gasteiger partial charge in [-0.15, -0.1) is 0 Å². The Labute approximate surface area is 165 Å². The first-order chi connectivity index (χ1) is 12.4. The van der Waals surface area contributed by atoms with E-state index in [0.29, 0.717) is 26.6 Å². The number of hydrogen-bond donors (Lipinski definition) is 2. The van der Waals surface area contributed by atoms with Gasteiger partial charge in [0.05, 0.1) is 29.8 Å². The van der Waals surface area contributed by atoms with Gasteiger partial charge in [0.2, 0.25) is 0 Å². The molecule has 0 radical (unpaired) electrons. The zero-order valence-electron chi connectivity index (χ0n) is 14.6. The molecule has 2 rings (SSSR count). The quantitative estimate of drug-likeness (QED) is 0.512. The van der Waals surface area contributed by atoms with E-state index in [4.69, 9.17) is 21.7 Å². The predicted molar refractivity (Wildman–Crippen MR) is 103 cm³/mol. The van der Waals surface area contributed by atoms with Crippen LogP contribution in [-0.2, 0) is 19.1 Å². The smallest absolute Gasteiger partial charge is 0.343 e. The number of halogens is 1. The number of carbonyl (C=O) groups excluding carboxylic acids is 2. The van der Waals surface area contributed by atoms with Crippen molar-refractivity contribution in [1.29, 1.82) is 0 Å². The van der Waals surface area contributed by atoms with Gasteiger partial charge in [-0.05, 0) is 59.7 Å². The Hall–Kier alpha value is -2.13. The third-order valence-corrected chi connectivity index (χ3v) is 4.47. The fourth-order valence-electron chi connectivity index (χ4n) is 2.43. The summed E-state index contributed by atoms with van der Waals surface area (Å²) in [6.45, 7) is 3.60. The second-order valence-corrected chi connectivity index (χ2v) is 6.61. The Bertz CT molecular complexity index is 766. The van der Waals surface area contributed by atoms with Crippen molar-refractivity contribution in [3.05, 3.63) is 39.5 Å². The first kappa shape index (κ1) is 20.2. The van der Waals surface area contributed by atoms with Crippen molar-refractivity contribution in [2.24, 2.45) is 0 Å². The Kier molecular flexibility index (Phi) is 6.98. The van der Waals surface area contributed by atoms with Crippen LogP contribution < -0.4 is 15.4 Å². The lowest BCUT2D eigenvalue weighted by molar-refractivity contribution is -0.143. The highest BCUT2D eigenvalue weighted by Crippen LogP contribution is 2.33. The summed E-state index contributed by atoms with van der Waals surface area (Å²) >= 11 is 8.63. The number of allylic oxidation sites excluding steroid dienone is 1. The van der Waals surface area contributed by atoms with Gasteiger partial charge in [-0.3, -0.25) is 0 Å². The first-order valence-electron chi connectivity index (χ1n) is 7.81. The van der Waals surface area contributed by atoms with Crippen molar-refractivity contribution in [1.82, 2.24) is 10.6 Å². The number of rotatable bonds is 6. The van der Waals surface area contributed by atoms with E-state index in [9.17, 15) is 9.59 Å². The van der Waals surface area contributed by atoms with Crippen LogP contribution in [0.3, 0.4) is 0 Å². The summed E-state index contributed by atoms with van der Waals surface area (Å²) in [6, 6.07) is 4.82. The molecular weight excluding hydrogens is 424 g/mol. The minimum Gasteiger partial charge on any atom is -0.481 e. The molecule has 1 heterocycles. The van der Waals surface area contributed by atoms with Crippen molar-refractivity contribution in [3.8, 4) is 5.75 Å². The van der Waals surface area contributed by atoms with Gasteiger partial charge in [-0.1, -0.05) is 6.07 Å². The summed E-state index contributed by atoms with van der Waals surface area (Å²) in [7, 11) is 1.29. The maximum Gasteiger partial charge on any atom is 0.343 e. The maximum atomic E-state index is 12.4. The predicted octanol–water partition coefficient (Wildman–Crippen LogP) is 2.36. The van der Waals surface area contributed by atoms with Gasteiger partial charge in [0.1, 0.15) is 5.75 Å². The number of nitrogens with one attached hydrogen (secondary N) is 2. The highest BCUT2D eigenvalue weighted by Gasteiger charge is 2.31. The molecule has 0 saturated heterocycles. The van der Waals surface area contributed by atoms with Gasteiger partial charge in [-0.2, -0.15) is 0 Å². The Morgan fingerprint density at radius 2 is 2.08 bits per heavy atom. The second-order valence-electron chi connectivity index (χ2n) is 5.35. The van der Waals surface area contributed by atoms with Crippen molar-refractivity contribution in [2.45, 2.75) is 19.9 Å². The van der Waals surface area contributed by atoms with Crippen LogP contribution in [0.1, 0.15) is 25.5 Å². The summed E-state index contributed by atoms with van der Waals surface area (Å²) in [6.07, 6.45) is 0. The van der Waals surface area contributed by atoms with E-state index in [2.05, 4.69) is 31.3 Å². The van der Waals surface area contributed by atoms with Gasteiger partial charge < -0.3 is 24.8 Å². The Morgan fingerprint density at radius 1 is 1.35 bits per heavy atom. The largest absolute Gasteiger partial charge is 0.481 e. The maximum absolute atomic E-state index is 12.4. The summed E-state index contributed by atoms with van der Waals surface area (Å²) in [5.74, 6) is -0.414. The molecule has 1 atom stereocenters. The molecule has 0 saturated carbocycles. The van der Waals surface area contributed by atoms with Crippen LogP contribution in [0.15, 0.2) is 33.9 Å². The van der Waals surface area contributed by atoms with Crippen LogP contribution in [0.5, 0.6) is 5.75 Å². The van der Waals surface area contributed by atoms with E-state index in [1.54, 1.807) is 32.0 Å². The van der Waals surface area contributed by atoms with Gasteiger partial charge in [-0.25, -0.2) is 9.59 Å². The molecule has 1 unspecified atom stereocenters. The standard InChI is InChI=1S/C17H19BrN2O5S/c1-4-24-16(22)14-9(2)19-17(26)20-15(14)10-5-6-12(11(18)7-10)25-8-13(21)23-3/h5-7,15H,4,8H2,1-3H3,(H2,19,20,26). The number of esters is 2. The fourth-order valence-corrected chi connectivity index (χ4v) is 3.21. The van der Waals surface area contributed by atoms with Crippen LogP contribution in [0.4, 0.5) is 0 Å². The van der Waals surface area contributed by atoms with E-state index in [1.807, 2.05) is 0 Å². The highest BCUT2D eigenvalue weighted by molar-refractivity contribution is 9.10. The lowest BCUT2D eigenvalue weighted by Gasteiger charge is -2.30. The molecule has 26 heavy (non-hydrogen) atoms. The van der Waals surface area contributed by atoms with Crippen LogP contribution >= 0.6 is 28.1 Å². The van der Waals surface area contributed by atoms with Crippen LogP contribution in [0.2, 0.25) is 0 Å². The van der Waals surface area contributed by atoms with E-state index >= 15 is 0 Å². The molecule has 1 aromatic carbocycles. The van der Waals surface area contributed by atoms with Crippen molar-refractivity contribution >= 4 is 45.2 Å². The molecule has 1 aromatic rings. The lowest BCUT2D eigenvalue weighted by atomic mass is 9.95.